The highest BCUT2D eigenvalue weighted by atomic mass is 16.5. The molecule has 0 saturated carbocycles. The van der Waals surface area contributed by atoms with Gasteiger partial charge >= 0.3 is 0 Å². The van der Waals surface area contributed by atoms with E-state index in [-0.39, 0.29) is 23.8 Å². The Labute approximate surface area is 117 Å². The lowest BCUT2D eigenvalue weighted by Gasteiger charge is -2.21. The average molecular weight is 275 g/mol. The van der Waals surface area contributed by atoms with Crippen LogP contribution in [0.25, 0.3) is 0 Å². The molecule has 106 valence electrons. The fourth-order valence-corrected chi connectivity index (χ4v) is 3.18. The number of nitrogens with zero attached hydrogens (tertiary/aromatic N) is 3. The van der Waals surface area contributed by atoms with Crippen molar-refractivity contribution in [1.29, 1.82) is 0 Å². The van der Waals surface area contributed by atoms with Gasteiger partial charge in [0.2, 0.25) is 0 Å². The summed E-state index contributed by atoms with van der Waals surface area (Å²) in [5, 5.41) is 0. The van der Waals surface area contributed by atoms with Gasteiger partial charge in [-0.05, 0) is 12.1 Å². The monoisotopic (exact) mass is 275 g/mol. The standard InChI is InChI=1S/C14H17N3O3/c1-16-11-8-17(7-10(11)12(20-2)14(16)19)13(18)9-3-5-15-6-4-9/h3-6,10-12H,7-8H2,1-2H3/t10-,11+,12-/m0/s1. The lowest BCUT2D eigenvalue weighted by molar-refractivity contribution is -0.136. The van der Waals surface area contributed by atoms with E-state index < -0.39 is 6.10 Å². The van der Waals surface area contributed by atoms with Gasteiger partial charge < -0.3 is 14.5 Å². The third-order valence-corrected chi connectivity index (χ3v) is 4.28. The summed E-state index contributed by atoms with van der Waals surface area (Å²) in [6.45, 7) is 1.12. The van der Waals surface area contributed by atoms with Crippen molar-refractivity contribution in [1.82, 2.24) is 14.8 Å². The predicted octanol–water partition coefficient (Wildman–Crippen LogP) is 0.00920. The van der Waals surface area contributed by atoms with Gasteiger partial charge in [-0.15, -0.1) is 0 Å². The van der Waals surface area contributed by atoms with E-state index in [1.54, 1.807) is 48.5 Å². The second-order valence-corrected chi connectivity index (χ2v) is 5.28. The molecule has 0 N–H and O–H groups in total. The van der Waals surface area contributed by atoms with E-state index in [4.69, 9.17) is 4.74 Å². The number of likely N-dealkylation sites (N-methyl/N-ethyl adjacent to an activating group) is 1. The molecule has 0 bridgehead atoms. The zero-order valence-electron chi connectivity index (χ0n) is 11.5. The van der Waals surface area contributed by atoms with Crippen LogP contribution in [0, 0.1) is 5.92 Å². The number of carbonyl (C=O) groups excluding carboxylic acids is 2. The SMILES string of the molecule is CO[C@@H]1C(=O)N(C)[C@@H]2CN(C(=O)c3ccncc3)C[C@H]12. The van der Waals surface area contributed by atoms with Crippen LogP contribution in [0.5, 0.6) is 0 Å². The third kappa shape index (κ3) is 1.87. The minimum Gasteiger partial charge on any atom is -0.371 e. The minimum absolute atomic E-state index is 0.0125. The van der Waals surface area contributed by atoms with Crippen molar-refractivity contribution in [3.05, 3.63) is 30.1 Å². The van der Waals surface area contributed by atoms with E-state index in [9.17, 15) is 9.59 Å². The maximum Gasteiger partial charge on any atom is 0.254 e. The number of pyridine rings is 1. The van der Waals surface area contributed by atoms with Crippen molar-refractivity contribution in [2.75, 3.05) is 27.2 Å². The molecule has 0 aliphatic carbocycles. The molecule has 2 aliphatic heterocycles. The van der Waals surface area contributed by atoms with E-state index >= 15 is 0 Å². The Morgan fingerprint density at radius 1 is 1.35 bits per heavy atom. The van der Waals surface area contributed by atoms with Crippen LogP contribution in [0.3, 0.4) is 0 Å². The molecule has 2 fully saturated rings. The van der Waals surface area contributed by atoms with Gasteiger partial charge in [0.05, 0.1) is 6.04 Å². The number of likely N-dealkylation sites (tertiary alicyclic amines) is 2. The molecule has 0 radical (unpaired) electrons. The van der Waals surface area contributed by atoms with E-state index in [0.29, 0.717) is 18.7 Å². The number of carbonyl (C=O) groups is 2. The Bertz CT molecular complexity index is 534. The molecule has 2 amide bonds. The normalized spacial score (nSPS) is 28.9. The number of fused-ring (bicyclic) bond motifs is 1. The lowest BCUT2D eigenvalue weighted by atomic mass is 10.0. The summed E-state index contributed by atoms with van der Waals surface area (Å²) in [4.78, 5) is 31.8. The highest BCUT2D eigenvalue weighted by molar-refractivity contribution is 5.94. The van der Waals surface area contributed by atoms with E-state index in [2.05, 4.69) is 4.98 Å². The summed E-state index contributed by atoms with van der Waals surface area (Å²) < 4.78 is 5.30. The highest BCUT2D eigenvalue weighted by Gasteiger charge is 2.52. The zero-order chi connectivity index (χ0) is 14.3. The van der Waals surface area contributed by atoms with Crippen LogP contribution in [0.15, 0.2) is 24.5 Å². The molecule has 3 rings (SSSR count). The van der Waals surface area contributed by atoms with E-state index in [0.717, 1.165) is 0 Å². The first-order valence-corrected chi connectivity index (χ1v) is 6.62. The second kappa shape index (κ2) is 4.86. The Kier molecular flexibility index (Phi) is 3.17. The van der Waals surface area contributed by atoms with Crippen molar-refractivity contribution in [2.24, 2.45) is 5.92 Å². The number of hydrogen-bond acceptors (Lipinski definition) is 4. The van der Waals surface area contributed by atoms with Gasteiger partial charge in [0, 0.05) is 51.1 Å². The molecule has 3 atom stereocenters. The smallest absolute Gasteiger partial charge is 0.254 e. The third-order valence-electron chi connectivity index (χ3n) is 4.28. The minimum atomic E-state index is -0.430. The summed E-state index contributed by atoms with van der Waals surface area (Å²) in [5.74, 6) is 0.0549. The van der Waals surface area contributed by atoms with Gasteiger partial charge in [-0.3, -0.25) is 14.6 Å². The second-order valence-electron chi connectivity index (χ2n) is 5.28. The molecule has 6 nitrogen and oxygen atoms in total. The molecule has 0 unspecified atom stereocenters. The van der Waals surface area contributed by atoms with Crippen LogP contribution in [0.2, 0.25) is 0 Å². The molecule has 2 saturated heterocycles. The molecule has 0 spiro atoms. The van der Waals surface area contributed by atoms with Crippen molar-refractivity contribution in [3.8, 4) is 0 Å². The van der Waals surface area contributed by atoms with Gasteiger partial charge in [-0.1, -0.05) is 0 Å². The maximum absolute atomic E-state index is 12.4. The molecular weight excluding hydrogens is 258 g/mol. The topological polar surface area (TPSA) is 62.7 Å². The molecule has 3 heterocycles. The summed E-state index contributed by atoms with van der Waals surface area (Å²) in [6.07, 6.45) is 2.79. The van der Waals surface area contributed by atoms with Crippen LogP contribution in [-0.4, -0.2) is 66.0 Å². The van der Waals surface area contributed by atoms with Crippen LogP contribution in [0.1, 0.15) is 10.4 Å². The maximum atomic E-state index is 12.4. The molecule has 20 heavy (non-hydrogen) atoms. The molecule has 2 aliphatic rings. The van der Waals surface area contributed by atoms with Crippen LogP contribution in [0.4, 0.5) is 0 Å². The number of hydrogen-bond donors (Lipinski definition) is 0. The molecule has 0 aromatic carbocycles. The number of amides is 2. The molecule has 6 heteroatoms. The lowest BCUT2D eigenvalue weighted by Crippen LogP contribution is -2.38. The summed E-state index contributed by atoms with van der Waals surface area (Å²) in [5.41, 5.74) is 0.628. The van der Waals surface area contributed by atoms with E-state index in [1.807, 2.05) is 0 Å². The van der Waals surface area contributed by atoms with Gasteiger partial charge in [0.25, 0.3) is 11.8 Å². The summed E-state index contributed by atoms with van der Waals surface area (Å²) >= 11 is 0. The first-order chi connectivity index (χ1) is 9.63. The largest absolute Gasteiger partial charge is 0.371 e. The summed E-state index contributed by atoms with van der Waals surface area (Å²) in [6, 6.07) is 3.47. The molecule has 1 aromatic heterocycles. The van der Waals surface area contributed by atoms with Crippen molar-refractivity contribution >= 4 is 11.8 Å². The van der Waals surface area contributed by atoms with Gasteiger partial charge in [-0.2, -0.15) is 0 Å². The first kappa shape index (κ1) is 13.1. The summed E-state index contributed by atoms with van der Waals surface area (Å²) in [7, 11) is 3.32. The van der Waals surface area contributed by atoms with E-state index in [1.165, 1.54) is 0 Å². The molecule has 1 aromatic rings. The van der Waals surface area contributed by atoms with Crippen LogP contribution < -0.4 is 0 Å². The Morgan fingerprint density at radius 3 is 2.70 bits per heavy atom. The number of methoxy groups -OCH3 is 1. The average Bonchev–Trinajstić information content (AvgIpc) is 3.00. The van der Waals surface area contributed by atoms with Crippen molar-refractivity contribution in [3.63, 3.8) is 0 Å². The number of ether oxygens (including phenoxy) is 1. The van der Waals surface area contributed by atoms with Crippen LogP contribution in [-0.2, 0) is 9.53 Å². The highest BCUT2D eigenvalue weighted by Crippen LogP contribution is 2.33. The zero-order valence-corrected chi connectivity index (χ0v) is 11.5. The van der Waals surface area contributed by atoms with Gasteiger partial charge in [0.15, 0.2) is 0 Å². The van der Waals surface area contributed by atoms with Gasteiger partial charge in [-0.25, -0.2) is 0 Å². The fraction of sp³-hybridized carbons (Fsp3) is 0.500. The Balaban J connectivity index is 1.78. The number of aromatic nitrogens is 1. The predicted molar refractivity (Wildman–Crippen MR) is 71.0 cm³/mol. The molecular formula is C14H17N3O3. The van der Waals surface area contributed by atoms with Crippen molar-refractivity contribution < 1.29 is 14.3 Å². The Hall–Kier alpha value is -1.95. The first-order valence-electron chi connectivity index (χ1n) is 6.62. The van der Waals surface area contributed by atoms with Crippen molar-refractivity contribution in [2.45, 2.75) is 12.1 Å². The fourth-order valence-electron chi connectivity index (χ4n) is 3.18. The van der Waals surface area contributed by atoms with Crippen LogP contribution >= 0.6 is 0 Å². The van der Waals surface area contributed by atoms with Gasteiger partial charge in [0.1, 0.15) is 6.10 Å². The number of rotatable bonds is 2. The quantitative estimate of drug-likeness (QED) is 0.763. The Morgan fingerprint density at radius 2 is 2.05 bits per heavy atom.